The first-order chi connectivity index (χ1) is 10.4. The minimum absolute atomic E-state index is 0.0619. The van der Waals surface area contributed by atoms with Crippen molar-refractivity contribution in [2.45, 2.75) is 13.8 Å². The predicted octanol–water partition coefficient (Wildman–Crippen LogP) is 2.63. The molecule has 0 atom stereocenters. The molecule has 0 saturated heterocycles. The Bertz CT molecular complexity index is 633. The summed E-state index contributed by atoms with van der Waals surface area (Å²) in [5.74, 6) is -0.542. The van der Waals surface area contributed by atoms with Crippen LogP contribution in [0.25, 0.3) is 0 Å². The molecule has 0 saturated carbocycles. The maximum atomic E-state index is 11.6. The minimum atomic E-state index is -0.707. The second-order valence-electron chi connectivity index (χ2n) is 4.38. The third kappa shape index (κ3) is 5.60. The van der Waals surface area contributed by atoms with E-state index in [9.17, 15) is 14.4 Å². The van der Waals surface area contributed by atoms with E-state index in [1.165, 1.54) is 19.1 Å². The van der Waals surface area contributed by atoms with E-state index in [1.54, 1.807) is 19.1 Å². The van der Waals surface area contributed by atoms with Crippen LogP contribution in [0.15, 0.2) is 35.3 Å². The summed E-state index contributed by atoms with van der Waals surface area (Å²) in [5.41, 5.74) is 1.87. The first-order valence-corrected chi connectivity index (χ1v) is 6.39. The van der Waals surface area contributed by atoms with E-state index >= 15 is 0 Å². The van der Waals surface area contributed by atoms with Crippen LogP contribution < -0.4 is 5.32 Å². The van der Waals surface area contributed by atoms with Gasteiger partial charge in [0, 0.05) is 11.3 Å². The number of esters is 1. The summed E-state index contributed by atoms with van der Waals surface area (Å²) in [5, 5.41) is 2.51. The molecule has 0 aliphatic heterocycles. The van der Waals surface area contributed by atoms with Crippen LogP contribution in [0.5, 0.6) is 0 Å². The summed E-state index contributed by atoms with van der Waals surface area (Å²) in [7, 11) is 0. The molecule has 0 aliphatic carbocycles. The molecule has 0 bridgehead atoms. The average Bonchev–Trinajstić information content (AvgIpc) is 2.47. The van der Waals surface area contributed by atoms with Crippen molar-refractivity contribution >= 4 is 29.5 Å². The highest BCUT2D eigenvalue weighted by Crippen LogP contribution is 2.22. The number of isocyanates is 1. The number of carbonyl (C=O) groups is 2. The Labute approximate surface area is 127 Å². The molecule has 22 heavy (non-hydrogen) atoms. The number of anilines is 1. The number of hydrogen-bond donors (Lipinski definition) is 1. The smallest absolute Gasteiger partial charge is 0.411 e. The van der Waals surface area contributed by atoms with Crippen molar-refractivity contribution in [2.75, 3.05) is 18.5 Å². The van der Waals surface area contributed by atoms with Crippen molar-refractivity contribution < 1.29 is 23.9 Å². The summed E-state index contributed by atoms with van der Waals surface area (Å²) < 4.78 is 9.64. The molecule has 0 heterocycles. The Morgan fingerprint density at radius 2 is 2.00 bits per heavy atom. The van der Waals surface area contributed by atoms with Crippen molar-refractivity contribution in [1.29, 1.82) is 0 Å². The molecular weight excluding hydrogens is 288 g/mol. The van der Waals surface area contributed by atoms with Crippen molar-refractivity contribution in [2.24, 2.45) is 4.99 Å². The molecule has 1 rings (SSSR count). The monoisotopic (exact) mass is 304 g/mol. The number of nitrogens with zero attached hydrogens (tertiary/aromatic N) is 1. The van der Waals surface area contributed by atoms with Gasteiger partial charge in [0.05, 0.1) is 5.69 Å². The Hall–Kier alpha value is -2.92. The number of amides is 1. The summed E-state index contributed by atoms with van der Waals surface area (Å²) in [6, 6.07) is 4.83. The number of carbonyl (C=O) groups excluding carboxylic acids is 3. The van der Waals surface area contributed by atoms with Gasteiger partial charge in [-0.15, -0.1) is 0 Å². The van der Waals surface area contributed by atoms with Gasteiger partial charge in [0.15, 0.2) is 0 Å². The highest BCUT2D eigenvalue weighted by atomic mass is 16.6. The van der Waals surface area contributed by atoms with Gasteiger partial charge in [-0.05, 0) is 31.5 Å². The fourth-order valence-corrected chi connectivity index (χ4v) is 1.40. The number of rotatable bonds is 6. The van der Waals surface area contributed by atoms with Crippen LogP contribution in [0.3, 0.4) is 0 Å². The van der Waals surface area contributed by atoms with Gasteiger partial charge in [0.2, 0.25) is 6.08 Å². The number of aryl methyl sites for hydroxylation is 1. The van der Waals surface area contributed by atoms with Crippen LogP contribution in [0.4, 0.5) is 16.2 Å². The molecule has 1 amide bonds. The molecule has 7 nitrogen and oxygen atoms in total. The fraction of sp³-hybridized carbons (Fsp3) is 0.267. The maximum absolute atomic E-state index is 11.6. The fourth-order valence-electron chi connectivity index (χ4n) is 1.40. The molecule has 0 unspecified atom stereocenters. The molecular formula is C15H16N2O5. The van der Waals surface area contributed by atoms with Crippen molar-refractivity contribution in [1.82, 2.24) is 0 Å². The van der Waals surface area contributed by atoms with Crippen LogP contribution in [-0.4, -0.2) is 31.4 Å². The second-order valence-corrected chi connectivity index (χ2v) is 4.38. The lowest BCUT2D eigenvalue weighted by Gasteiger charge is -2.10. The van der Waals surface area contributed by atoms with Crippen LogP contribution in [0, 0.1) is 6.92 Å². The lowest BCUT2D eigenvalue weighted by Crippen LogP contribution is -2.18. The van der Waals surface area contributed by atoms with E-state index in [1.807, 2.05) is 0 Å². The van der Waals surface area contributed by atoms with Crippen LogP contribution in [-0.2, 0) is 19.1 Å². The van der Waals surface area contributed by atoms with Gasteiger partial charge in [-0.1, -0.05) is 12.6 Å². The Balaban J connectivity index is 2.48. The molecule has 0 aliphatic rings. The van der Waals surface area contributed by atoms with Crippen LogP contribution in [0.2, 0.25) is 0 Å². The van der Waals surface area contributed by atoms with Crippen LogP contribution in [0.1, 0.15) is 12.5 Å². The third-order valence-electron chi connectivity index (χ3n) is 2.53. The van der Waals surface area contributed by atoms with Gasteiger partial charge in [-0.3, -0.25) is 5.32 Å². The molecule has 0 aromatic heterocycles. The summed E-state index contributed by atoms with van der Waals surface area (Å²) >= 11 is 0. The normalized spacial score (nSPS) is 9.36. The molecule has 0 fully saturated rings. The van der Waals surface area contributed by atoms with E-state index < -0.39 is 12.1 Å². The van der Waals surface area contributed by atoms with Crippen LogP contribution >= 0.6 is 0 Å². The quantitative estimate of drug-likeness (QED) is 0.287. The van der Waals surface area contributed by atoms with E-state index in [0.29, 0.717) is 11.4 Å². The molecule has 1 aromatic rings. The molecule has 7 heteroatoms. The van der Waals surface area contributed by atoms with Gasteiger partial charge in [0.25, 0.3) is 0 Å². The summed E-state index contributed by atoms with van der Waals surface area (Å²) in [4.78, 5) is 36.4. The predicted molar refractivity (Wildman–Crippen MR) is 79.7 cm³/mol. The highest BCUT2D eigenvalue weighted by Gasteiger charge is 2.08. The zero-order valence-electron chi connectivity index (χ0n) is 12.3. The Morgan fingerprint density at radius 1 is 1.32 bits per heavy atom. The number of benzene rings is 1. The maximum Gasteiger partial charge on any atom is 0.411 e. The number of nitrogens with one attached hydrogen (secondary N) is 1. The number of hydrogen-bond acceptors (Lipinski definition) is 6. The van der Waals surface area contributed by atoms with Crippen molar-refractivity contribution in [3.8, 4) is 0 Å². The zero-order chi connectivity index (χ0) is 16.5. The highest BCUT2D eigenvalue weighted by molar-refractivity contribution is 5.87. The summed E-state index contributed by atoms with van der Waals surface area (Å²) in [6.07, 6.45) is 0.714. The number of ether oxygens (including phenoxy) is 2. The summed E-state index contributed by atoms with van der Waals surface area (Å²) in [6.45, 7) is 6.58. The van der Waals surface area contributed by atoms with E-state index in [4.69, 9.17) is 9.47 Å². The molecule has 0 radical (unpaired) electrons. The van der Waals surface area contributed by atoms with E-state index in [2.05, 4.69) is 16.9 Å². The average molecular weight is 304 g/mol. The second kappa shape index (κ2) is 8.39. The van der Waals surface area contributed by atoms with Crippen molar-refractivity contribution in [3.63, 3.8) is 0 Å². The minimum Gasteiger partial charge on any atom is -0.459 e. The first kappa shape index (κ1) is 17.1. The molecule has 1 N–H and O–H groups in total. The lowest BCUT2D eigenvalue weighted by atomic mass is 10.2. The SMILES string of the molecule is C=C(C)C(=O)OCCOC(=O)Nc1cc(N=C=O)ccc1C. The van der Waals surface area contributed by atoms with Crippen molar-refractivity contribution in [3.05, 3.63) is 35.9 Å². The topological polar surface area (TPSA) is 94.1 Å². The van der Waals surface area contributed by atoms with E-state index in [0.717, 1.165) is 5.56 Å². The first-order valence-electron chi connectivity index (χ1n) is 6.39. The Kier molecular flexibility index (Phi) is 6.53. The number of aliphatic imine (C=N–C) groups is 1. The van der Waals surface area contributed by atoms with E-state index in [-0.39, 0.29) is 18.8 Å². The Morgan fingerprint density at radius 3 is 2.64 bits per heavy atom. The van der Waals surface area contributed by atoms with Gasteiger partial charge < -0.3 is 9.47 Å². The zero-order valence-corrected chi connectivity index (χ0v) is 12.3. The van der Waals surface area contributed by atoms with Gasteiger partial charge in [-0.2, -0.15) is 4.99 Å². The molecule has 0 spiro atoms. The lowest BCUT2D eigenvalue weighted by molar-refractivity contribution is -0.139. The van der Waals surface area contributed by atoms with Gasteiger partial charge >= 0.3 is 12.1 Å². The molecule has 116 valence electrons. The van der Waals surface area contributed by atoms with Gasteiger partial charge in [-0.25, -0.2) is 14.4 Å². The largest absolute Gasteiger partial charge is 0.459 e. The standard InChI is InChI=1S/C15H16N2O5/c1-10(2)14(19)21-6-7-22-15(20)17-13-8-12(16-9-18)5-4-11(13)3/h4-5,8H,1,6-7H2,2-3H3,(H,17,20). The van der Waals surface area contributed by atoms with Gasteiger partial charge in [0.1, 0.15) is 13.2 Å². The third-order valence-corrected chi connectivity index (χ3v) is 2.53. The molecule has 1 aromatic carbocycles.